The third-order valence-corrected chi connectivity index (χ3v) is 4.00. The van der Waals surface area contributed by atoms with E-state index in [0.29, 0.717) is 6.61 Å². The number of rotatable bonds is 6. The molecule has 20 heavy (non-hydrogen) atoms. The van der Waals surface area contributed by atoms with Crippen LogP contribution in [0.1, 0.15) is 17.2 Å². The van der Waals surface area contributed by atoms with Crippen LogP contribution in [0.4, 0.5) is 0 Å². The number of benzene rings is 2. The summed E-state index contributed by atoms with van der Waals surface area (Å²) < 4.78 is 12.3. The summed E-state index contributed by atoms with van der Waals surface area (Å²) in [4.78, 5) is 0. The predicted octanol–water partition coefficient (Wildman–Crippen LogP) is 5.04. The number of alkyl halides is 1. The highest BCUT2D eigenvalue weighted by atomic mass is 127. The van der Waals surface area contributed by atoms with Crippen molar-refractivity contribution in [3.8, 4) is 5.75 Å². The minimum Gasteiger partial charge on any atom is -0.496 e. The van der Waals surface area contributed by atoms with E-state index in [9.17, 15) is 0 Å². The summed E-state index contributed by atoms with van der Waals surface area (Å²) in [5.74, 6) is 0.861. The van der Waals surface area contributed by atoms with Crippen LogP contribution in [0.3, 0.4) is 0 Å². The SMILES string of the molecule is COc1ccccc1C(CI)OCc1cccc(Cl)c1. The summed E-state index contributed by atoms with van der Waals surface area (Å²) in [6, 6.07) is 15.7. The summed E-state index contributed by atoms with van der Waals surface area (Å²) in [5, 5.41) is 0.731. The van der Waals surface area contributed by atoms with E-state index in [4.69, 9.17) is 21.1 Å². The molecule has 0 saturated heterocycles. The molecule has 2 rings (SSSR count). The van der Waals surface area contributed by atoms with E-state index in [2.05, 4.69) is 22.6 Å². The summed E-state index contributed by atoms with van der Waals surface area (Å²) in [7, 11) is 1.68. The molecule has 0 amide bonds. The molecule has 0 spiro atoms. The van der Waals surface area contributed by atoms with Crippen LogP contribution in [0, 0.1) is 0 Å². The molecule has 0 N–H and O–H groups in total. The fraction of sp³-hybridized carbons (Fsp3) is 0.250. The Morgan fingerprint density at radius 1 is 1.15 bits per heavy atom. The summed E-state index contributed by atoms with van der Waals surface area (Å²) in [5.41, 5.74) is 2.15. The average molecular weight is 403 g/mol. The van der Waals surface area contributed by atoms with Gasteiger partial charge in [-0.3, -0.25) is 0 Å². The largest absolute Gasteiger partial charge is 0.496 e. The molecule has 2 nitrogen and oxygen atoms in total. The summed E-state index contributed by atoms with van der Waals surface area (Å²) in [6.45, 7) is 0.534. The maximum Gasteiger partial charge on any atom is 0.124 e. The highest BCUT2D eigenvalue weighted by molar-refractivity contribution is 14.1. The first-order chi connectivity index (χ1) is 9.74. The summed E-state index contributed by atoms with van der Waals surface area (Å²) in [6.07, 6.45) is 0.00531. The number of halogens is 2. The normalized spacial score (nSPS) is 12.2. The molecular weight excluding hydrogens is 387 g/mol. The molecule has 0 aliphatic carbocycles. The molecule has 106 valence electrons. The Labute approximate surface area is 138 Å². The van der Waals surface area contributed by atoms with Gasteiger partial charge in [0.15, 0.2) is 0 Å². The quantitative estimate of drug-likeness (QED) is 0.498. The molecule has 4 heteroatoms. The number of hydrogen-bond acceptors (Lipinski definition) is 2. The molecule has 0 aliphatic heterocycles. The Morgan fingerprint density at radius 2 is 1.95 bits per heavy atom. The van der Waals surface area contributed by atoms with Crippen molar-refractivity contribution in [2.24, 2.45) is 0 Å². The lowest BCUT2D eigenvalue weighted by Crippen LogP contribution is -2.07. The third-order valence-electron chi connectivity index (χ3n) is 2.97. The fourth-order valence-electron chi connectivity index (χ4n) is 1.97. The monoisotopic (exact) mass is 402 g/mol. The van der Waals surface area contributed by atoms with Gasteiger partial charge in [-0.25, -0.2) is 0 Å². The van der Waals surface area contributed by atoms with Crippen molar-refractivity contribution < 1.29 is 9.47 Å². The second kappa shape index (κ2) is 7.86. The fourth-order valence-corrected chi connectivity index (χ4v) is 2.92. The smallest absolute Gasteiger partial charge is 0.124 e. The van der Waals surface area contributed by atoms with Gasteiger partial charge in [0.05, 0.1) is 19.8 Å². The van der Waals surface area contributed by atoms with Gasteiger partial charge < -0.3 is 9.47 Å². The Balaban J connectivity index is 2.09. The van der Waals surface area contributed by atoms with Crippen molar-refractivity contribution in [3.05, 3.63) is 64.7 Å². The molecule has 0 fully saturated rings. The molecule has 0 saturated carbocycles. The van der Waals surface area contributed by atoms with Gasteiger partial charge in [-0.15, -0.1) is 0 Å². The van der Waals surface area contributed by atoms with Gasteiger partial charge in [-0.2, -0.15) is 0 Å². The zero-order valence-corrected chi connectivity index (χ0v) is 14.1. The lowest BCUT2D eigenvalue weighted by atomic mass is 10.1. The van der Waals surface area contributed by atoms with E-state index in [0.717, 1.165) is 26.3 Å². The van der Waals surface area contributed by atoms with Crippen molar-refractivity contribution in [3.63, 3.8) is 0 Å². The van der Waals surface area contributed by atoms with Gasteiger partial charge in [-0.1, -0.05) is 64.5 Å². The van der Waals surface area contributed by atoms with Crippen LogP contribution in [0.5, 0.6) is 5.75 Å². The zero-order valence-electron chi connectivity index (χ0n) is 11.2. The second-order valence-electron chi connectivity index (χ2n) is 4.33. The average Bonchev–Trinajstić information content (AvgIpc) is 2.48. The van der Waals surface area contributed by atoms with Gasteiger partial charge >= 0.3 is 0 Å². The highest BCUT2D eigenvalue weighted by Gasteiger charge is 2.15. The summed E-state index contributed by atoms with van der Waals surface area (Å²) >= 11 is 8.31. The second-order valence-corrected chi connectivity index (χ2v) is 5.64. The van der Waals surface area contributed by atoms with Crippen LogP contribution in [0.25, 0.3) is 0 Å². The molecule has 0 radical (unpaired) electrons. The standard InChI is InChI=1S/C16H16ClIO2/c1-19-15-8-3-2-7-14(15)16(10-18)20-11-12-5-4-6-13(17)9-12/h2-9,16H,10-11H2,1H3. The first kappa shape index (κ1) is 15.6. The Morgan fingerprint density at radius 3 is 2.65 bits per heavy atom. The number of para-hydroxylation sites is 1. The van der Waals surface area contributed by atoms with Crippen LogP contribution in [-0.4, -0.2) is 11.5 Å². The third kappa shape index (κ3) is 4.11. The van der Waals surface area contributed by atoms with Crippen LogP contribution in [-0.2, 0) is 11.3 Å². The first-order valence-electron chi connectivity index (χ1n) is 6.29. The van der Waals surface area contributed by atoms with E-state index in [1.165, 1.54) is 0 Å². The topological polar surface area (TPSA) is 18.5 Å². The Bertz CT molecular complexity index is 560. The molecule has 2 aromatic rings. The molecule has 1 unspecified atom stereocenters. The van der Waals surface area contributed by atoms with Crippen LogP contribution < -0.4 is 4.74 Å². The molecule has 0 aliphatic rings. The predicted molar refractivity (Wildman–Crippen MR) is 90.9 cm³/mol. The van der Waals surface area contributed by atoms with Crippen LogP contribution in [0.2, 0.25) is 5.02 Å². The number of hydrogen-bond donors (Lipinski definition) is 0. The minimum absolute atomic E-state index is 0.00531. The van der Waals surface area contributed by atoms with Gasteiger partial charge in [0.1, 0.15) is 5.75 Å². The lowest BCUT2D eigenvalue weighted by molar-refractivity contribution is 0.0561. The van der Waals surface area contributed by atoms with E-state index >= 15 is 0 Å². The van der Waals surface area contributed by atoms with Gasteiger partial charge in [0.25, 0.3) is 0 Å². The Kier molecular flexibility index (Phi) is 6.13. The minimum atomic E-state index is 0.00531. The van der Waals surface area contributed by atoms with E-state index in [1.54, 1.807) is 7.11 Å². The van der Waals surface area contributed by atoms with Crippen molar-refractivity contribution in [1.82, 2.24) is 0 Å². The number of ether oxygens (including phenoxy) is 2. The van der Waals surface area contributed by atoms with E-state index in [1.807, 2.05) is 48.5 Å². The van der Waals surface area contributed by atoms with Crippen LogP contribution >= 0.6 is 34.2 Å². The molecular formula is C16H16ClIO2. The maximum absolute atomic E-state index is 6.01. The highest BCUT2D eigenvalue weighted by Crippen LogP contribution is 2.29. The van der Waals surface area contributed by atoms with Crippen molar-refractivity contribution in [1.29, 1.82) is 0 Å². The maximum atomic E-state index is 6.01. The molecule has 1 atom stereocenters. The Hall–Kier alpha value is -0.780. The first-order valence-corrected chi connectivity index (χ1v) is 8.20. The zero-order chi connectivity index (χ0) is 14.4. The van der Waals surface area contributed by atoms with Gasteiger partial charge in [0, 0.05) is 15.0 Å². The molecule has 0 aromatic heterocycles. The lowest BCUT2D eigenvalue weighted by Gasteiger charge is -2.18. The van der Waals surface area contributed by atoms with E-state index in [-0.39, 0.29) is 6.10 Å². The van der Waals surface area contributed by atoms with E-state index < -0.39 is 0 Å². The molecule has 2 aromatic carbocycles. The van der Waals surface area contributed by atoms with Gasteiger partial charge in [-0.05, 0) is 23.8 Å². The molecule has 0 heterocycles. The van der Waals surface area contributed by atoms with Crippen molar-refractivity contribution >= 4 is 34.2 Å². The van der Waals surface area contributed by atoms with Gasteiger partial charge in [0.2, 0.25) is 0 Å². The number of methoxy groups -OCH3 is 1. The molecule has 0 bridgehead atoms. The van der Waals surface area contributed by atoms with Crippen LogP contribution in [0.15, 0.2) is 48.5 Å². The van der Waals surface area contributed by atoms with Crippen molar-refractivity contribution in [2.45, 2.75) is 12.7 Å². The van der Waals surface area contributed by atoms with Crippen molar-refractivity contribution in [2.75, 3.05) is 11.5 Å².